The van der Waals surface area contributed by atoms with Gasteiger partial charge >= 0.3 is 0 Å². The van der Waals surface area contributed by atoms with Gasteiger partial charge in [0.05, 0.1) is 6.04 Å². The lowest BCUT2D eigenvalue weighted by Gasteiger charge is -2.33. The molecule has 4 fully saturated rings. The quantitative estimate of drug-likeness (QED) is 0.687. The number of carbonyl (C=O) groups is 2. The van der Waals surface area contributed by atoms with Gasteiger partial charge < -0.3 is 14.7 Å². The lowest BCUT2D eigenvalue weighted by Crippen LogP contribution is -2.47. The first-order chi connectivity index (χ1) is 13.2. The van der Waals surface area contributed by atoms with E-state index in [0.29, 0.717) is 17.7 Å². The lowest BCUT2D eigenvalue weighted by atomic mass is 10.0. The number of likely N-dealkylation sites (tertiary alicyclic amines) is 2. The number of hydrogen-bond acceptors (Lipinski definition) is 3. The second-order valence-corrected chi connectivity index (χ2v) is 9.35. The van der Waals surface area contributed by atoms with Gasteiger partial charge in [0.15, 0.2) is 0 Å². The normalized spacial score (nSPS) is 27.3. The number of rotatable bonds is 7. The van der Waals surface area contributed by atoms with Crippen molar-refractivity contribution in [3.63, 3.8) is 0 Å². The Kier molecular flexibility index (Phi) is 6.36. The van der Waals surface area contributed by atoms with E-state index >= 15 is 0 Å². The molecule has 2 saturated carbocycles. The number of piperidine rings is 1. The third-order valence-corrected chi connectivity index (χ3v) is 7.21. The van der Waals surface area contributed by atoms with Crippen LogP contribution in [-0.2, 0) is 9.59 Å². The highest BCUT2D eigenvalue weighted by atomic mass is 16.2. The molecule has 2 aliphatic heterocycles. The average molecular weight is 376 g/mol. The minimum absolute atomic E-state index is 0.246. The Morgan fingerprint density at radius 1 is 0.852 bits per heavy atom. The highest BCUT2D eigenvalue weighted by Crippen LogP contribution is 2.33. The molecule has 0 aromatic carbocycles. The van der Waals surface area contributed by atoms with Crippen molar-refractivity contribution in [3.05, 3.63) is 0 Å². The molecule has 4 aliphatic rings. The van der Waals surface area contributed by atoms with Gasteiger partial charge in [-0.3, -0.25) is 9.59 Å². The van der Waals surface area contributed by atoms with E-state index in [0.717, 1.165) is 51.9 Å². The molecule has 5 nitrogen and oxygen atoms in total. The second kappa shape index (κ2) is 8.93. The molecule has 27 heavy (non-hydrogen) atoms. The molecule has 0 bridgehead atoms. The largest absolute Gasteiger partial charge is 0.341 e. The summed E-state index contributed by atoms with van der Waals surface area (Å²) in [5.41, 5.74) is 0. The van der Waals surface area contributed by atoms with E-state index < -0.39 is 0 Å². The monoisotopic (exact) mass is 375 g/mol. The molecule has 0 N–H and O–H groups in total. The molecule has 152 valence electrons. The van der Waals surface area contributed by atoms with Crippen molar-refractivity contribution in [2.24, 2.45) is 11.8 Å². The Morgan fingerprint density at radius 2 is 1.59 bits per heavy atom. The zero-order chi connectivity index (χ0) is 18.6. The van der Waals surface area contributed by atoms with Gasteiger partial charge in [-0.1, -0.05) is 19.3 Å². The Bertz CT molecular complexity index is 522. The van der Waals surface area contributed by atoms with Gasteiger partial charge in [-0.15, -0.1) is 0 Å². The maximum atomic E-state index is 12.9. The van der Waals surface area contributed by atoms with Crippen molar-refractivity contribution in [1.29, 1.82) is 0 Å². The maximum Gasteiger partial charge on any atom is 0.226 e. The summed E-state index contributed by atoms with van der Waals surface area (Å²) in [5.74, 6) is 1.58. The van der Waals surface area contributed by atoms with Crippen molar-refractivity contribution < 1.29 is 9.59 Å². The van der Waals surface area contributed by atoms with E-state index in [1.165, 1.54) is 58.0 Å². The molecule has 0 aromatic heterocycles. The molecule has 1 unspecified atom stereocenters. The van der Waals surface area contributed by atoms with Crippen LogP contribution < -0.4 is 0 Å². The summed E-state index contributed by atoms with van der Waals surface area (Å²) in [6.45, 7) is 5.83. The van der Waals surface area contributed by atoms with Crippen LogP contribution in [-0.4, -0.2) is 71.8 Å². The van der Waals surface area contributed by atoms with Crippen molar-refractivity contribution in [1.82, 2.24) is 14.7 Å². The van der Waals surface area contributed by atoms with Gasteiger partial charge in [0, 0.05) is 38.5 Å². The van der Waals surface area contributed by atoms with Gasteiger partial charge in [0.2, 0.25) is 11.8 Å². The summed E-state index contributed by atoms with van der Waals surface area (Å²) >= 11 is 0. The third kappa shape index (κ3) is 5.04. The first kappa shape index (κ1) is 19.2. The topological polar surface area (TPSA) is 43.9 Å². The van der Waals surface area contributed by atoms with Crippen LogP contribution in [0.15, 0.2) is 0 Å². The Morgan fingerprint density at radius 3 is 2.30 bits per heavy atom. The highest BCUT2D eigenvalue weighted by molar-refractivity contribution is 5.82. The predicted octanol–water partition coefficient (Wildman–Crippen LogP) is 2.89. The van der Waals surface area contributed by atoms with Crippen LogP contribution in [0.1, 0.15) is 70.6 Å². The SMILES string of the molecule is O=C(CC1CCCC1)N1CCC(N(CCN2CCCCC2)C(=O)C2CC2)C1. The molecule has 0 spiro atoms. The minimum Gasteiger partial charge on any atom is -0.341 e. The van der Waals surface area contributed by atoms with Crippen LogP contribution in [0.5, 0.6) is 0 Å². The fourth-order valence-corrected chi connectivity index (χ4v) is 5.28. The van der Waals surface area contributed by atoms with Gasteiger partial charge in [-0.25, -0.2) is 0 Å². The Balaban J connectivity index is 1.31. The summed E-state index contributed by atoms with van der Waals surface area (Å²) < 4.78 is 0. The summed E-state index contributed by atoms with van der Waals surface area (Å²) in [5, 5.41) is 0. The summed E-state index contributed by atoms with van der Waals surface area (Å²) in [6, 6.07) is 0.246. The van der Waals surface area contributed by atoms with Crippen LogP contribution in [0.4, 0.5) is 0 Å². The fourth-order valence-electron chi connectivity index (χ4n) is 5.28. The molecule has 4 rings (SSSR count). The Hall–Kier alpha value is -1.10. The number of amides is 2. The van der Waals surface area contributed by atoms with E-state index in [9.17, 15) is 9.59 Å². The van der Waals surface area contributed by atoms with Gasteiger partial charge in [-0.2, -0.15) is 0 Å². The van der Waals surface area contributed by atoms with E-state index in [2.05, 4.69) is 14.7 Å². The number of hydrogen-bond donors (Lipinski definition) is 0. The zero-order valence-corrected chi connectivity index (χ0v) is 16.9. The van der Waals surface area contributed by atoms with Crippen LogP contribution in [0.3, 0.4) is 0 Å². The predicted molar refractivity (Wildman–Crippen MR) is 106 cm³/mol. The van der Waals surface area contributed by atoms with E-state index in [-0.39, 0.29) is 12.0 Å². The van der Waals surface area contributed by atoms with Crippen molar-refractivity contribution in [2.45, 2.75) is 76.7 Å². The summed E-state index contributed by atoms with van der Waals surface area (Å²) in [7, 11) is 0. The van der Waals surface area contributed by atoms with E-state index in [1.54, 1.807) is 0 Å². The van der Waals surface area contributed by atoms with Crippen molar-refractivity contribution >= 4 is 11.8 Å². The average Bonchev–Trinajstić information content (AvgIpc) is 3.20. The Labute approximate surface area is 164 Å². The van der Waals surface area contributed by atoms with Crippen LogP contribution in [0.2, 0.25) is 0 Å². The maximum absolute atomic E-state index is 12.9. The standard InChI is InChI=1S/C22H37N3O2/c26-21(16-18-6-2-3-7-18)24-13-10-20(17-24)25(22(27)19-8-9-19)15-14-23-11-4-1-5-12-23/h18-20H,1-17H2. The first-order valence-electron chi connectivity index (χ1n) is 11.5. The molecule has 2 heterocycles. The van der Waals surface area contributed by atoms with Crippen LogP contribution in [0.25, 0.3) is 0 Å². The zero-order valence-electron chi connectivity index (χ0n) is 16.9. The molecule has 2 aliphatic carbocycles. The number of carbonyl (C=O) groups excluding carboxylic acids is 2. The van der Waals surface area contributed by atoms with Gasteiger partial charge in [0.1, 0.15) is 0 Å². The van der Waals surface area contributed by atoms with Crippen LogP contribution in [0, 0.1) is 11.8 Å². The molecule has 2 saturated heterocycles. The lowest BCUT2D eigenvalue weighted by molar-refractivity contribution is -0.136. The number of nitrogens with zero attached hydrogens (tertiary/aromatic N) is 3. The van der Waals surface area contributed by atoms with E-state index in [4.69, 9.17) is 0 Å². The van der Waals surface area contributed by atoms with Gasteiger partial charge in [0.25, 0.3) is 0 Å². The molecule has 1 atom stereocenters. The van der Waals surface area contributed by atoms with Gasteiger partial charge in [-0.05, 0) is 64.0 Å². The summed E-state index contributed by atoms with van der Waals surface area (Å²) in [4.78, 5) is 32.4. The van der Waals surface area contributed by atoms with Crippen molar-refractivity contribution in [3.8, 4) is 0 Å². The molecule has 2 amide bonds. The second-order valence-electron chi connectivity index (χ2n) is 9.35. The molecule has 0 radical (unpaired) electrons. The third-order valence-electron chi connectivity index (χ3n) is 7.21. The molecule has 0 aromatic rings. The first-order valence-corrected chi connectivity index (χ1v) is 11.5. The molecule has 5 heteroatoms. The van der Waals surface area contributed by atoms with E-state index in [1.807, 2.05) is 0 Å². The summed E-state index contributed by atoms with van der Waals surface area (Å²) in [6.07, 6.45) is 12.8. The highest BCUT2D eigenvalue weighted by Gasteiger charge is 2.39. The minimum atomic E-state index is 0.246. The molecular weight excluding hydrogens is 338 g/mol. The van der Waals surface area contributed by atoms with Crippen molar-refractivity contribution in [2.75, 3.05) is 39.3 Å². The smallest absolute Gasteiger partial charge is 0.226 e. The molecular formula is C22H37N3O2. The fraction of sp³-hybridized carbons (Fsp3) is 0.909. The van der Waals surface area contributed by atoms with Crippen LogP contribution >= 0.6 is 0 Å².